The lowest BCUT2D eigenvalue weighted by molar-refractivity contribution is 0.149. The number of hydrogen-bond donors (Lipinski definition) is 0. The van der Waals surface area contributed by atoms with Gasteiger partial charge in [-0.2, -0.15) is 0 Å². The molecule has 0 aromatic heterocycles. The van der Waals surface area contributed by atoms with Gasteiger partial charge in [-0.25, -0.2) is 4.21 Å². The maximum absolute atomic E-state index is 12.0. The van der Waals surface area contributed by atoms with Gasteiger partial charge in [0.25, 0.3) is 0 Å². The third-order valence-corrected chi connectivity index (χ3v) is 5.50. The van der Waals surface area contributed by atoms with E-state index in [0.717, 1.165) is 31.6 Å². The van der Waals surface area contributed by atoms with Crippen molar-refractivity contribution in [3.8, 4) is 0 Å². The molecule has 1 atom stereocenters. The molecule has 2 fully saturated rings. The summed E-state index contributed by atoms with van der Waals surface area (Å²) in [4.78, 5) is 0. The Hall–Kier alpha value is 0.110. The zero-order chi connectivity index (χ0) is 11.4. The first-order valence-corrected chi connectivity index (χ1v) is 7.97. The summed E-state index contributed by atoms with van der Waals surface area (Å²) in [6.45, 7) is 2.30. The van der Waals surface area contributed by atoms with Crippen LogP contribution in [0, 0.1) is 5.92 Å². The molecule has 16 heavy (non-hydrogen) atoms. The molecule has 0 saturated heterocycles. The van der Waals surface area contributed by atoms with Crippen LogP contribution >= 0.6 is 0 Å². The Morgan fingerprint density at radius 2 is 1.56 bits per heavy atom. The van der Waals surface area contributed by atoms with E-state index in [4.69, 9.17) is 4.18 Å². The van der Waals surface area contributed by atoms with Gasteiger partial charge in [-0.3, -0.25) is 4.18 Å². The summed E-state index contributed by atoms with van der Waals surface area (Å²) < 4.78 is 17.8. The molecule has 3 heteroatoms. The second-order valence-electron chi connectivity index (χ2n) is 5.50. The Morgan fingerprint density at radius 1 is 0.938 bits per heavy atom. The first-order valence-electron chi connectivity index (χ1n) is 6.83. The zero-order valence-corrected chi connectivity index (χ0v) is 11.1. The predicted octanol–water partition coefficient (Wildman–Crippen LogP) is 3.58. The molecular weight excluding hydrogens is 220 g/mol. The van der Waals surface area contributed by atoms with Crippen LogP contribution in [0.2, 0.25) is 0 Å². The molecule has 2 aliphatic rings. The van der Waals surface area contributed by atoms with Crippen LogP contribution in [0.15, 0.2) is 0 Å². The number of hydrogen-bond acceptors (Lipinski definition) is 2. The molecule has 2 aliphatic carbocycles. The van der Waals surface area contributed by atoms with Crippen LogP contribution in [0.4, 0.5) is 0 Å². The SMILES string of the molecule is CC1CCC(OS(=O)C2CCCCC2)CC1. The lowest BCUT2D eigenvalue weighted by atomic mass is 9.89. The van der Waals surface area contributed by atoms with Crippen molar-refractivity contribution < 1.29 is 8.39 Å². The van der Waals surface area contributed by atoms with Gasteiger partial charge in [0.2, 0.25) is 0 Å². The quantitative estimate of drug-likeness (QED) is 0.758. The highest BCUT2D eigenvalue weighted by molar-refractivity contribution is 7.80. The van der Waals surface area contributed by atoms with Crippen LogP contribution in [0.1, 0.15) is 64.7 Å². The maximum atomic E-state index is 12.0. The Kier molecular flexibility index (Phi) is 4.83. The summed E-state index contributed by atoms with van der Waals surface area (Å²) in [5.74, 6) is 0.836. The molecule has 1 unspecified atom stereocenters. The summed E-state index contributed by atoms with van der Waals surface area (Å²) in [6.07, 6.45) is 11.0. The summed E-state index contributed by atoms with van der Waals surface area (Å²) in [6, 6.07) is 0. The minimum atomic E-state index is -1.02. The third kappa shape index (κ3) is 3.56. The molecule has 2 nitrogen and oxygen atoms in total. The second-order valence-corrected chi connectivity index (χ2v) is 6.88. The van der Waals surface area contributed by atoms with Crippen LogP contribution in [-0.4, -0.2) is 15.6 Å². The largest absolute Gasteiger partial charge is 0.287 e. The lowest BCUT2D eigenvalue weighted by Gasteiger charge is -2.28. The summed E-state index contributed by atoms with van der Waals surface area (Å²) >= 11 is -1.02. The van der Waals surface area contributed by atoms with Gasteiger partial charge in [-0.1, -0.05) is 26.2 Å². The van der Waals surface area contributed by atoms with E-state index in [1.165, 1.54) is 32.1 Å². The fourth-order valence-corrected chi connectivity index (χ4v) is 4.13. The Morgan fingerprint density at radius 3 is 2.19 bits per heavy atom. The minimum absolute atomic E-state index is 0.277. The van der Waals surface area contributed by atoms with Gasteiger partial charge < -0.3 is 0 Å². The van der Waals surface area contributed by atoms with E-state index < -0.39 is 11.1 Å². The van der Waals surface area contributed by atoms with E-state index in [2.05, 4.69) is 6.92 Å². The molecule has 0 aliphatic heterocycles. The van der Waals surface area contributed by atoms with Gasteiger partial charge in [-0.15, -0.1) is 0 Å². The zero-order valence-electron chi connectivity index (χ0n) is 10.3. The van der Waals surface area contributed by atoms with E-state index in [-0.39, 0.29) is 6.10 Å². The highest BCUT2D eigenvalue weighted by Gasteiger charge is 2.26. The molecule has 0 heterocycles. The van der Waals surface area contributed by atoms with E-state index >= 15 is 0 Å². The first-order chi connectivity index (χ1) is 7.75. The van der Waals surface area contributed by atoms with E-state index in [9.17, 15) is 4.21 Å². The molecule has 0 spiro atoms. The van der Waals surface area contributed by atoms with Crippen LogP contribution in [0.3, 0.4) is 0 Å². The van der Waals surface area contributed by atoms with E-state index in [0.29, 0.717) is 5.25 Å². The lowest BCUT2D eigenvalue weighted by Crippen LogP contribution is -2.27. The summed E-state index contributed by atoms with van der Waals surface area (Å²) in [5, 5.41) is 0.327. The average Bonchev–Trinajstić information content (AvgIpc) is 2.33. The fraction of sp³-hybridized carbons (Fsp3) is 1.00. The van der Waals surface area contributed by atoms with Gasteiger partial charge >= 0.3 is 0 Å². The number of rotatable bonds is 3. The highest BCUT2D eigenvalue weighted by atomic mass is 32.2. The van der Waals surface area contributed by atoms with Crippen molar-refractivity contribution in [3.63, 3.8) is 0 Å². The maximum Gasteiger partial charge on any atom is 0.158 e. The van der Waals surface area contributed by atoms with Crippen LogP contribution in [-0.2, 0) is 15.3 Å². The van der Waals surface area contributed by atoms with Crippen LogP contribution < -0.4 is 0 Å². The monoisotopic (exact) mass is 244 g/mol. The molecule has 2 rings (SSSR count). The molecular formula is C13H24O2S. The average molecular weight is 244 g/mol. The van der Waals surface area contributed by atoms with E-state index in [1.54, 1.807) is 0 Å². The van der Waals surface area contributed by atoms with Crippen molar-refractivity contribution in [2.24, 2.45) is 5.92 Å². The Balaban J connectivity index is 1.73. The highest BCUT2D eigenvalue weighted by Crippen LogP contribution is 2.29. The third-order valence-electron chi connectivity index (χ3n) is 4.02. The normalized spacial score (nSPS) is 34.8. The Labute approximate surface area is 102 Å². The molecule has 0 radical (unpaired) electrons. The molecule has 0 bridgehead atoms. The van der Waals surface area contributed by atoms with E-state index in [1.807, 2.05) is 0 Å². The van der Waals surface area contributed by atoms with Gasteiger partial charge in [0.15, 0.2) is 11.1 Å². The van der Waals surface area contributed by atoms with Crippen molar-refractivity contribution in [2.45, 2.75) is 76.1 Å². The molecule has 0 aromatic rings. The fourth-order valence-electron chi connectivity index (χ4n) is 2.80. The topological polar surface area (TPSA) is 26.3 Å². The summed E-state index contributed by atoms with van der Waals surface area (Å²) in [7, 11) is 0. The molecule has 94 valence electrons. The Bertz CT molecular complexity index is 228. The smallest absolute Gasteiger partial charge is 0.158 e. The molecule has 2 saturated carbocycles. The van der Waals surface area contributed by atoms with Crippen molar-refractivity contribution in [2.75, 3.05) is 0 Å². The van der Waals surface area contributed by atoms with Gasteiger partial charge in [0.1, 0.15) is 0 Å². The van der Waals surface area contributed by atoms with Crippen LogP contribution in [0.25, 0.3) is 0 Å². The molecule has 0 N–H and O–H groups in total. The second kappa shape index (κ2) is 6.15. The molecule has 0 amide bonds. The summed E-state index contributed by atoms with van der Waals surface area (Å²) in [5.41, 5.74) is 0. The first kappa shape index (κ1) is 12.6. The van der Waals surface area contributed by atoms with Crippen molar-refractivity contribution in [3.05, 3.63) is 0 Å². The van der Waals surface area contributed by atoms with Gasteiger partial charge in [0, 0.05) is 0 Å². The minimum Gasteiger partial charge on any atom is -0.287 e. The standard InChI is InChI=1S/C13H24O2S/c1-11-7-9-12(10-8-11)15-16(14)13-5-3-2-4-6-13/h11-13H,2-10H2,1H3. The van der Waals surface area contributed by atoms with Crippen molar-refractivity contribution in [1.82, 2.24) is 0 Å². The van der Waals surface area contributed by atoms with Crippen molar-refractivity contribution >= 4 is 11.1 Å². The van der Waals surface area contributed by atoms with Gasteiger partial charge in [-0.05, 0) is 44.4 Å². The molecule has 0 aromatic carbocycles. The predicted molar refractivity (Wildman–Crippen MR) is 67.5 cm³/mol. The van der Waals surface area contributed by atoms with Gasteiger partial charge in [0.05, 0.1) is 11.4 Å². The van der Waals surface area contributed by atoms with Crippen LogP contribution in [0.5, 0.6) is 0 Å². The van der Waals surface area contributed by atoms with Crippen molar-refractivity contribution in [1.29, 1.82) is 0 Å².